The van der Waals surface area contributed by atoms with E-state index in [1.807, 2.05) is 0 Å². The van der Waals surface area contributed by atoms with Crippen LogP contribution in [-0.4, -0.2) is 69.3 Å². The summed E-state index contributed by atoms with van der Waals surface area (Å²) in [5.41, 5.74) is 0.435. The monoisotopic (exact) mass is 525 g/mol. The summed E-state index contributed by atoms with van der Waals surface area (Å²) in [6.07, 6.45) is -0.0636. The Bertz CT molecular complexity index is 1190. The van der Waals surface area contributed by atoms with Crippen LogP contribution in [0.25, 0.3) is 11.0 Å². The Morgan fingerprint density at radius 1 is 1.08 bits per heavy atom. The van der Waals surface area contributed by atoms with E-state index in [1.165, 1.54) is 32.0 Å². The molecule has 36 heavy (non-hydrogen) atoms. The topological polar surface area (TPSA) is 141 Å². The average Bonchev–Trinajstić information content (AvgIpc) is 3.27. The molecule has 4 unspecified atom stereocenters. The highest BCUT2D eigenvalue weighted by atomic mass is 35.5. The maximum absolute atomic E-state index is 13.6. The van der Waals surface area contributed by atoms with Crippen LogP contribution in [0, 0.1) is 0 Å². The Morgan fingerprint density at radius 3 is 2.25 bits per heavy atom. The van der Waals surface area contributed by atoms with E-state index in [9.17, 15) is 19.2 Å². The van der Waals surface area contributed by atoms with E-state index in [0.29, 0.717) is 21.7 Å². The van der Waals surface area contributed by atoms with Crippen molar-refractivity contribution in [3.05, 3.63) is 23.2 Å². The highest BCUT2D eigenvalue weighted by Gasteiger charge is 2.58. The van der Waals surface area contributed by atoms with E-state index in [0.717, 1.165) is 0 Å². The predicted molar refractivity (Wildman–Crippen MR) is 125 cm³/mol. The van der Waals surface area contributed by atoms with E-state index >= 15 is 0 Å². The normalized spacial score (nSPS) is 21.8. The molecule has 1 aliphatic rings. The molecule has 0 saturated carbocycles. The summed E-state index contributed by atoms with van der Waals surface area (Å²) < 4.78 is 23.6. The lowest BCUT2D eigenvalue weighted by Crippen LogP contribution is -2.47. The molecule has 3 rings (SSSR count). The number of H-pyrrole nitrogens is 1. The Hall–Kier alpha value is -3.41. The molecule has 1 N–H and O–H groups in total. The van der Waals surface area contributed by atoms with Crippen LogP contribution in [0.1, 0.15) is 53.1 Å². The van der Waals surface area contributed by atoms with Gasteiger partial charge in [-0.3, -0.25) is 19.3 Å². The molecule has 3 heterocycles. The molecule has 1 aliphatic heterocycles. The van der Waals surface area contributed by atoms with Crippen LogP contribution in [-0.2, 0) is 40.4 Å². The van der Waals surface area contributed by atoms with Crippen molar-refractivity contribution in [3.63, 3.8) is 0 Å². The number of hydrogen-bond donors (Lipinski definition) is 1. The number of carbonyl (C=O) groups excluding carboxylic acids is 4. The van der Waals surface area contributed by atoms with E-state index in [-0.39, 0.29) is 6.61 Å². The summed E-state index contributed by atoms with van der Waals surface area (Å²) in [7, 11) is 1.71. The molecule has 4 atom stereocenters. The number of aromatic nitrogens is 3. The van der Waals surface area contributed by atoms with Crippen molar-refractivity contribution in [1.82, 2.24) is 14.9 Å². The number of fused-ring (bicyclic) bond motifs is 1. The van der Waals surface area contributed by atoms with Crippen LogP contribution in [0.5, 0.6) is 0 Å². The number of nitrogens with one attached hydrogen (secondary N) is 1. The third-order valence-electron chi connectivity index (χ3n) is 5.41. The highest BCUT2D eigenvalue weighted by Crippen LogP contribution is 2.43. The minimum atomic E-state index is -1.18. The molecule has 0 spiro atoms. The number of esters is 3. The highest BCUT2D eigenvalue weighted by molar-refractivity contribution is 6.32. The van der Waals surface area contributed by atoms with Crippen LogP contribution >= 0.6 is 11.6 Å². The third-order valence-corrected chi connectivity index (χ3v) is 5.87. The second-order valence-electron chi connectivity index (χ2n) is 9.46. The lowest BCUT2D eigenvalue weighted by molar-refractivity contribution is -0.670. The number of aromatic amines is 1. The number of carbonyl (C=O) groups is 4. The molecule has 196 valence electrons. The number of amides is 1. The first-order chi connectivity index (χ1) is 16.7. The second kappa shape index (κ2) is 10.3. The van der Waals surface area contributed by atoms with Crippen LogP contribution in [0.15, 0.2) is 12.5 Å². The fourth-order valence-electron chi connectivity index (χ4n) is 4.17. The standard InChI is InChI=1S/C23H29ClN4O8/c1-11(29)33-9-15-19(34-12(2)30)20(35-13(3)31)18(28(15)22(32)36-23(4,5)6)14-8-25-17-16(14)26-10-27(7)21(17)24/h8,10,15,18-20H,9H2,1-7H3/p+1. The molecule has 0 radical (unpaired) electrons. The number of nitrogens with zero attached hydrogens (tertiary/aromatic N) is 3. The van der Waals surface area contributed by atoms with E-state index in [1.54, 1.807) is 38.6 Å². The summed E-state index contributed by atoms with van der Waals surface area (Å²) in [5, 5.41) is 0.352. The van der Waals surface area contributed by atoms with E-state index in [4.69, 9.17) is 30.5 Å². The average molecular weight is 526 g/mol. The first-order valence-corrected chi connectivity index (χ1v) is 11.6. The minimum absolute atomic E-state index is 0.341. The smallest absolute Gasteiger partial charge is 0.411 e. The second-order valence-corrected chi connectivity index (χ2v) is 9.82. The molecule has 13 heteroatoms. The lowest BCUT2D eigenvalue weighted by Gasteiger charge is -2.32. The zero-order valence-electron chi connectivity index (χ0n) is 21.2. The van der Waals surface area contributed by atoms with Gasteiger partial charge in [-0.1, -0.05) is 0 Å². The predicted octanol–water partition coefficient (Wildman–Crippen LogP) is 2.13. The third kappa shape index (κ3) is 5.69. The number of hydrogen-bond acceptors (Lipinski definition) is 9. The van der Waals surface area contributed by atoms with Gasteiger partial charge in [0.2, 0.25) is 10.7 Å². The van der Waals surface area contributed by atoms with E-state index < -0.39 is 53.9 Å². The summed E-state index contributed by atoms with van der Waals surface area (Å²) in [6.45, 7) is 8.33. The molecule has 2 aromatic heterocycles. The zero-order valence-corrected chi connectivity index (χ0v) is 21.9. The van der Waals surface area contributed by atoms with Gasteiger partial charge in [-0.2, -0.15) is 0 Å². The molecule has 1 amide bonds. The van der Waals surface area contributed by atoms with Crippen LogP contribution in [0.3, 0.4) is 0 Å². The van der Waals surface area contributed by atoms with Crippen molar-refractivity contribution in [2.45, 2.75) is 71.4 Å². The minimum Gasteiger partial charge on any atom is -0.464 e. The largest absolute Gasteiger partial charge is 0.464 e. The van der Waals surface area contributed by atoms with Crippen LogP contribution in [0.2, 0.25) is 5.15 Å². The first-order valence-electron chi connectivity index (χ1n) is 11.2. The van der Waals surface area contributed by atoms with Gasteiger partial charge in [0.15, 0.2) is 17.7 Å². The number of halogens is 1. The molecule has 0 bridgehead atoms. The van der Waals surface area contributed by atoms with Gasteiger partial charge < -0.3 is 23.9 Å². The van der Waals surface area contributed by atoms with Gasteiger partial charge in [0.1, 0.15) is 24.3 Å². The Labute approximate surface area is 212 Å². The Morgan fingerprint density at radius 2 is 1.69 bits per heavy atom. The van der Waals surface area contributed by atoms with Crippen molar-refractivity contribution in [2.24, 2.45) is 7.05 Å². The van der Waals surface area contributed by atoms with Crippen LogP contribution < -0.4 is 4.57 Å². The lowest BCUT2D eigenvalue weighted by atomic mass is 10.0. The molecule has 0 aromatic carbocycles. The summed E-state index contributed by atoms with van der Waals surface area (Å²) in [4.78, 5) is 58.2. The van der Waals surface area contributed by atoms with Crippen molar-refractivity contribution < 1.29 is 42.7 Å². The molecular weight excluding hydrogens is 496 g/mol. The van der Waals surface area contributed by atoms with Crippen molar-refractivity contribution in [1.29, 1.82) is 0 Å². The van der Waals surface area contributed by atoms with Gasteiger partial charge in [0.05, 0.1) is 7.05 Å². The maximum atomic E-state index is 13.6. The molecular formula is C23H30ClN4O8+. The van der Waals surface area contributed by atoms with Gasteiger partial charge in [-0.15, -0.1) is 0 Å². The fourth-order valence-corrected chi connectivity index (χ4v) is 4.36. The van der Waals surface area contributed by atoms with Gasteiger partial charge in [-0.05, 0) is 37.4 Å². The number of aryl methyl sites for hydroxylation is 1. The SMILES string of the molecule is CC(=O)OCC1C(OC(C)=O)C(OC(C)=O)C(c2c[nH]c3c(Cl)[n+](C)cnc23)N1C(=O)OC(C)(C)C. The Balaban J connectivity index is 2.25. The quantitative estimate of drug-likeness (QED) is 0.269. The maximum Gasteiger partial charge on any atom is 0.411 e. The fraction of sp³-hybridized carbons (Fsp3) is 0.565. The summed E-state index contributed by atoms with van der Waals surface area (Å²) in [5.74, 6) is -1.96. The summed E-state index contributed by atoms with van der Waals surface area (Å²) >= 11 is 6.44. The van der Waals surface area contributed by atoms with Gasteiger partial charge >= 0.3 is 24.0 Å². The zero-order chi connectivity index (χ0) is 26.9. The van der Waals surface area contributed by atoms with Gasteiger partial charge in [0, 0.05) is 32.5 Å². The van der Waals surface area contributed by atoms with Gasteiger partial charge in [0.25, 0.3) is 6.33 Å². The van der Waals surface area contributed by atoms with Gasteiger partial charge in [-0.25, -0.2) is 9.36 Å². The van der Waals surface area contributed by atoms with Crippen molar-refractivity contribution >= 4 is 46.6 Å². The molecule has 1 fully saturated rings. The molecule has 0 aliphatic carbocycles. The Kier molecular flexibility index (Phi) is 7.77. The first kappa shape index (κ1) is 27.2. The van der Waals surface area contributed by atoms with Crippen LogP contribution in [0.4, 0.5) is 4.79 Å². The molecule has 12 nitrogen and oxygen atoms in total. The molecule has 1 saturated heterocycles. The number of rotatable bonds is 5. The van der Waals surface area contributed by atoms with Crippen molar-refractivity contribution in [3.8, 4) is 0 Å². The summed E-state index contributed by atoms with van der Waals surface area (Å²) in [6, 6.07) is -2.07. The van der Waals surface area contributed by atoms with E-state index in [2.05, 4.69) is 9.97 Å². The van der Waals surface area contributed by atoms with Crippen molar-refractivity contribution in [2.75, 3.05) is 6.61 Å². The number of likely N-dealkylation sites (tertiary alicyclic amines) is 1. The number of ether oxygens (including phenoxy) is 4. The molecule has 2 aromatic rings.